The summed E-state index contributed by atoms with van der Waals surface area (Å²) < 4.78 is 5.35. The summed E-state index contributed by atoms with van der Waals surface area (Å²) in [7, 11) is 1.62. The Morgan fingerprint density at radius 3 is 2.72 bits per heavy atom. The number of H-pyrrole nitrogens is 1. The van der Waals surface area contributed by atoms with Crippen molar-refractivity contribution < 1.29 is 19.4 Å². The number of ether oxygens (including phenoxy) is 1. The predicted molar refractivity (Wildman–Crippen MR) is 109 cm³/mol. The second-order valence-electron chi connectivity index (χ2n) is 8.04. The van der Waals surface area contributed by atoms with Gasteiger partial charge in [0.2, 0.25) is 5.91 Å². The van der Waals surface area contributed by atoms with Crippen LogP contribution in [0.15, 0.2) is 18.2 Å². The summed E-state index contributed by atoms with van der Waals surface area (Å²) in [5.74, 6) is 0.655. The van der Waals surface area contributed by atoms with Gasteiger partial charge in [-0.15, -0.1) is 0 Å². The highest BCUT2D eigenvalue weighted by atomic mass is 16.5. The van der Waals surface area contributed by atoms with Crippen molar-refractivity contribution in [3.8, 4) is 5.75 Å². The Morgan fingerprint density at radius 2 is 2.10 bits per heavy atom. The minimum atomic E-state index is -0.422. The number of urea groups is 1. The van der Waals surface area contributed by atoms with E-state index in [2.05, 4.69) is 10.3 Å². The molecule has 3 amide bonds. The fraction of sp³-hybridized carbons (Fsp3) is 0.524. The quantitative estimate of drug-likeness (QED) is 0.728. The van der Waals surface area contributed by atoms with Crippen LogP contribution in [0.25, 0.3) is 10.9 Å². The van der Waals surface area contributed by atoms with Crippen LogP contribution >= 0.6 is 0 Å². The number of hydrogen-bond acceptors (Lipinski definition) is 4. The lowest BCUT2D eigenvalue weighted by molar-refractivity contribution is -0.135. The number of amides is 3. The molecule has 1 aromatic carbocycles. The molecule has 29 heavy (non-hydrogen) atoms. The average Bonchev–Trinajstić information content (AvgIpc) is 3.07. The highest BCUT2D eigenvalue weighted by Gasteiger charge is 2.54. The molecule has 2 aliphatic rings. The summed E-state index contributed by atoms with van der Waals surface area (Å²) in [6.45, 7) is 5.59. The number of aromatic nitrogens is 1. The van der Waals surface area contributed by atoms with Gasteiger partial charge in [0.1, 0.15) is 5.75 Å². The van der Waals surface area contributed by atoms with E-state index in [1.807, 2.05) is 25.1 Å². The zero-order valence-electron chi connectivity index (χ0n) is 17.1. The van der Waals surface area contributed by atoms with Gasteiger partial charge in [-0.3, -0.25) is 4.79 Å². The number of rotatable bonds is 4. The van der Waals surface area contributed by atoms with Crippen molar-refractivity contribution in [1.82, 2.24) is 20.1 Å². The normalized spacial score (nSPS) is 19.8. The number of hydrogen-bond donors (Lipinski definition) is 3. The molecule has 1 spiro atoms. The molecule has 8 nitrogen and oxygen atoms in total. The molecule has 0 bridgehead atoms. The molecule has 1 aromatic heterocycles. The smallest absolute Gasteiger partial charge is 0.317 e. The Balaban J connectivity index is 1.77. The molecule has 2 aliphatic heterocycles. The van der Waals surface area contributed by atoms with Crippen LogP contribution in [0.5, 0.6) is 5.75 Å². The van der Waals surface area contributed by atoms with Gasteiger partial charge in [-0.1, -0.05) is 6.92 Å². The monoisotopic (exact) mass is 400 g/mol. The number of methoxy groups -OCH3 is 1. The average molecular weight is 400 g/mol. The number of aliphatic hydroxyl groups excluding tert-OH is 1. The Kier molecular flexibility index (Phi) is 4.90. The molecule has 0 aliphatic carbocycles. The van der Waals surface area contributed by atoms with Crippen LogP contribution in [0.3, 0.4) is 0 Å². The van der Waals surface area contributed by atoms with Crippen LogP contribution in [0.4, 0.5) is 4.79 Å². The fourth-order valence-electron chi connectivity index (χ4n) is 4.77. The van der Waals surface area contributed by atoms with E-state index in [0.29, 0.717) is 26.2 Å². The molecular weight excluding hydrogens is 372 g/mol. The summed E-state index contributed by atoms with van der Waals surface area (Å²) in [6, 6.07) is 5.37. The summed E-state index contributed by atoms with van der Waals surface area (Å²) in [5, 5.41) is 14.0. The first-order valence-electron chi connectivity index (χ1n) is 10.0. The van der Waals surface area contributed by atoms with Crippen LogP contribution in [0.2, 0.25) is 0 Å². The van der Waals surface area contributed by atoms with E-state index >= 15 is 0 Å². The molecule has 4 rings (SSSR count). The van der Waals surface area contributed by atoms with Crippen molar-refractivity contribution >= 4 is 22.8 Å². The summed E-state index contributed by atoms with van der Waals surface area (Å²) >= 11 is 0. The van der Waals surface area contributed by atoms with E-state index in [4.69, 9.17) is 4.74 Å². The van der Waals surface area contributed by atoms with E-state index < -0.39 is 6.04 Å². The van der Waals surface area contributed by atoms with Crippen molar-refractivity contribution in [2.45, 2.75) is 31.7 Å². The predicted octanol–water partition coefficient (Wildman–Crippen LogP) is 1.75. The van der Waals surface area contributed by atoms with Gasteiger partial charge in [-0.25, -0.2) is 4.79 Å². The SMILES string of the molecule is CCCNC(=O)N1CC2(C1)CN(C(C)=O)[C@H](CO)c1[nH]c3cc(OC)ccc3c12. The Hall–Kier alpha value is -2.74. The highest BCUT2D eigenvalue weighted by Crippen LogP contribution is 2.48. The highest BCUT2D eigenvalue weighted by molar-refractivity contribution is 5.89. The molecule has 1 fully saturated rings. The molecule has 0 unspecified atom stereocenters. The zero-order valence-corrected chi connectivity index (χ0v) is 17.1. The first-order chi connectivity index (χ1) is 13.9. The van der Waals surface area contributed by atoms with Gasteiger partial charge in [-0.05, 0) is 24.1 Å². The lowest BCUT2D eigenvalue weighted by Gasteiger charge is -2.55. The van der Waals surface area contributed by atoms with Crippen molar-refractivity contribution in [3.63, 3.8) is 0 Å². The molecule has 3 N–H and O–H groups in total. The molecule has 156 valence electrons. The van der Waals surface area contributed by atoms with Gasteiger partial charge in [-0.2, -0.15) is 0 Å². The fourth-order valence-corrected chi connectivity index (χ4v) is 4.77. The number of aromatic amines is 1. The first kappa shape index (κ1) is 19.6. The number of likely N-dealkylation sites (tertiary alicyclic amines) is 1. The maximum absolute atomic E-state index is 12.4. The zero-order chi connectivity index (χ0) is 20.8. The number of benzene rings is 1. The number of aliphatic hydroxyl groups is 1. The topological polar surface area (TPSA) is 97.9 Å². The van der Waals surface area contributed by atoms with Gasteiger partial charge in [0.25, 0.3) is 0 Å². The lowest BCUT2D eigenvalue weighted by atomic mass is 9.69. The molecular formula is C21H28N4O4. The Bertz CT molecular complexity index is 948. The van der Waals surface area contributed by atoms with Crippen molar-refractivity contribution in [1.29, 1.82) is 0 Å². The van der Waals surface area contributed by atoms with Crippen LogP contribution in [0.1, 0.15) is 37.6 Å². The van der Waals surface area contributed by atoms with Crippen LogP contribution in [0, 0.1) is 0 Å². The van der Waals surface area contributed by atoms with E-state index in [9.17, 15) is 14.7 Å². The minimum absolute atomic E-state index is 0.0702. The number of fused-ring (bicyclic) bond motifs is 4. The molecule has 1 saturated heterocycles. The number of nitrogens with zero attached hydrogens (tertiary/aromatic N) is 2. The van der Waals surface area contributed by atoms with Gasteiger partial charge in [0, 0.05) is 55.8 Å². The third-order valence-electron chi connectivity index (χ3n) is 6.13. The van der Waals surface area contributed by atoms with Gasteiger partial charge < -0.3 is 29.9 Å². The van der Waals surface area contributed by atoms with E-state index in [1.165, 1.54) is 6.92 Å². The Morgan fingerprint density at radius 1 is 1.34 bits per heavy atom. The number of nitrogens with one attached hydrogen (secondary N) is 2. The Labute approximate surface area is 169 Å². The van der Waals surface area contributed by atoms with Gasteiger partial charge in [0.05, 0.1) is 25.2 Å². The third-order valence-corrected chi connectivity index (χ3v) is 6.13. The summed E-state index contributed by atoms with van der Waals surface area (Å²) in [6.07, 6.45) is 0.884. The first-order valence-corrected chi connectivity index (χ1v) is 10.0. The second-order valence-corrected chi connectivity index (χ2v) is 8.04. The second kappa shape index (κ2) is 7.26. The third kappa shape index (κ3) is 3.02. The van der Waals surface area contributed by atoms with Crippen molar-refractivity contribution in [2.24, 2.45) is 0 Å². The van der Waals surface area contributed by atoms with E-state index in [-0.39, 0.29) is 24.0 Å². The lowest BCUT2D eigenvalue weighted by Crippen LogP contribution is -2.69. The molecule has 0 saturated carbocycles. The molecule has 2 aromatic rings. The standard InChI is InChI=1S/C21H28N4O4/c1-4-7-22-20(28)24-10-21(11-24)12-25(13(2)27)17(9-26)19-18(21)15-6-5-14(29-3)8-16(15)23-19/h5-6,8,17,23,26H,4,7,9-12H2,1-3H3,(H,22,28)/t17-/m1/s1. The number of carbonyl (C=O) groups excluding carboxylic acids is 2. The molecule has 0 radical (unpaired) electrons. The van der Waals surface area contributed by atoms with Crippen molar-refractivity contribution in [2.75, 3.05) is 39.9 Å². The summed E-state index contributed by atoms with van der Waals surface area (Å²) in [4.78, 5) is 31.7. The molecule has 3 heterocycles. The largest absolute Gasteiger partial charge is 0.497 e. The molecule has 1 atom stereocenters. The van der Waals surface area contributed by atoms with Gasteiger partial charge >= 0.3 is 6.03 Å². The van der Waals surface area contributed by atoms with Crippen LogP contribution in [-0.2, 0) is 10.2 Å². The van der Waals surface area contributed by atoms with E-state index in [0.717, 1.165) is 34.3 Å². The maximum Gasteiger partial charge on any atom is 0.317 e. The number of carbonyl (C=O) groups is 2. The van der Waals surface area contributed by atoms with E-state index in [1.54, 1.807) is 16.9 Å². The van der Waals surface area contributed by atoms with Crippen molar-refractivity contribution in [3.05, 3.63) is 29.5 Å². The summed E-state index contributed by atoms with van der Waals surface area (Å²) in [5.41, 5.74) is 2.52. The molecule has 8 heteroatoms. The van der Waals surface area contributed by atoms with Gasteiger partial charge in [0.15, 0.2) is 0 Å². The van der Waals surface area contributed by atoms with Crippen LogP contribution in [-0.4, -0.2) is 71.7 Å². The minimum Gasteiger partial charge on any atom is -0.497 e. The maximum atomic E-state index is 12.4. The van der Waals surface area contributed by atoms with Crippen LogP contribution < -0.4 is 10.1 Å².